The number of carbonyl (C=O) groups excluding carboxylic acids is 4. The number of carbonyl (C=O) groups is 6. The van der Waals surface area contributed by atoms with Gasteiger partial charge in [-0.15, -0.1) is 0 Å². The predicted molar refractivity (Wildman–Crippen MR) is 150 cm³/mol. The Bertz CT molecular complexity index is 1110. The number of fused-ring (bicyclic) bond motifs is 2. The van der Waals surface area contributed by atoms with Crippen molar-refractivity contribution in [3.8, 4) is 0 Å². The van der Waals surface area contributed by atoms with Crippen molar-refractivity contribution in [3.05, 3.63) is 29.6 Å². The number of aromatic nitrogens is 1. The minimum atomic E-state index is -1.11. The molecule has 0 unspecified atom stereocenters. The van der Waals surface area contributed by atoms with Gasteiger partial charge in [0.05, 0.1) is 11.4 Å². The maximum atomic E-state index is 12.4. The second-order valence-corrected chi connectivity index (χ2v) is 10.7. The molecule has 0 aliphatic carbocycles. The number of Topliss-reactive ketones (excluding diaryl/α,β-unsaturated/α-hetero) is 3. The highest BCUT2D eigenvalue weighted by molar-refractivity contribution is 5.79. The van der Waals surface area contributed by atoms with Crippen LogP contribution in [-0.4, -0.2) is 110 Å². The van der Waals surface area contributed by atoms with Gasteiger partial charge in [-0.1, -0.05) is 6.07 Å². The lowest BCUT2D eigenvalue weighted by atomic mass is 10.1. The topological polar surface area (TPSA) is 175 Å². The number of ketones is 3. The number of rotatable bonds is 16. The maximum Gasteiger partial charge on any atom is 0.320 e. The minimum absolute atomic E-state index is 0.0568. The van der Waals surface area contributed by atoms with Crippen LogP contribution in [0, 0.1) is 0 Å². The van der Waals surface area contributed by atoms with Gasteiger partial charge >= 0.3 is 11.9 Å². The summed E-state index contributed by atoms with van der Waals surface area (Å²) in [6.07, 6.45) is -0.0572. The van der Waals surface area contributed by atoms with Gasteiger partial charge in [0, 0.05) is 65.0 Å². The van der Waals surface area contributed by atoms with E-state index in [2.05, 4.69) is 0 Å². The molecule has 3 atom stereocenters. The van der Waals surface area contributed by atoms with Gasteiger partial charge in [-0.25, -0.2) is 0 Å². The van der Waals surface area contributed by atoms with Gasteiger partial charge in [-0.3, -0.25) is 34.1 Å². The SMILES string of the molecule is CC(=O)CC[C@H](OC=O)N1CCN([C@H](CCC(C)=O)C(=O)O)CCN([C@H](CCC(C)=O)C(=O)O)Cc2cccc(n2)C1. The van der Waals surface area contributed by atoms with Crippen LogP contribution in [0.5, 0.6) is 0 Å². The summed E-state index contributed by atoms with van der Waals surface area (Å²) in [7, 11) is 0. The van der Waals surface area contributed by atoms with Crippen molar-refractivity contribution in [2.45, 2.75) is 90.7 Å². The summed E-state index contributed by atoms with van der Waals surface area (Å²) in [4.78, 5) is 81.1. The fourth-order valence-corrected chi connectivity index (χ4v) is 5.06. The molecule has 13 heteroatoms. The van der Waals surface area contributed by atoms with E-state index in [9.17, 15) is 39.0 Å². The van der Waals surface area contributed by atoms with Crippen LogP contribution in [0.3, 0.4) is 0 Å². The molecule has 13 nitrogen and oxygen atoms in total. The van der Waals surface area contributed by atoms with Crippen molar-refractivity contribution in [3.63, 3.8) is 0 Å². The summed E-state index contributed by atoms with van der Waals surface area (Å²) in [5.74, 6) is -2.56. The van der Waals surface area contributed by atoms with Crippen molar-refractivity contribution in [1.29, 1.82) is 0 Å². The van der Waals surface area contributed by atoms with Crippen LogP contribution in [0.1, 0.15) is 70.7 Å². The number of ether oxygens (including phenoxy) is 1. The smallest absolute Gasteiger partial charge is 0.320 e. The van der Waals surface area contributed by atoms with Crippen LogP contribution >= 0.6 is 0 Å². The Kier molecular flexibility index (Phi) is 14.4. The summed E-state index contributed by atoms with van der Waals surface area (Å²) in [6.45, 7) is 5.64. The number of carboxylic acid groups (broad SMARTS) is 2. The molecule has 0 radical (unpaired) electrons. The van der Waals surface area contributed by atoms with Crippen molar-refractivity contribution in [2.24, 2.45) is 0 Å². The molecule has 0 amide bonds. The van der Waals surface area contributed by atoms with E-state index in [1.165, 1.54) is 20.8 Å². The molecule has 2 N–H and O–H groups in total. The zero-order valence-electron chi connectivity index (χ0n) is 24.6. The first-order chi connectivity index (χ1) is 19.9. The lowest BCUT2D eigenvalue weighted by molar-refractivity contribution is -0.148. The second-order valence-electron chi connectivity index (χ2n) is 10.7. The molecule has 42 heavy (non-hydrogen) atoms. The third-order valence-corrected chi connectivity index (χ3v) is 7.30. The molecule has 1 aliphatic rings. The van der Waals surface area contributed by atoms with Gasteiger partial charge in [0.25, 0.3) is 6.47 Å². The monoisotopic (exact) mass is 590 g/mol. The molecule has 2 heterocycles. The summed E-state index contributed by atoms with van der Waals surface area (Å²) < 4.78 is 5.36. The predicted octanol–water partition coefficient (Wildman–Crippen LogP) is 1.51. The van der Waals surface area contributed by atoms with Crippen LogP contribution in [0.25, 0.3) is 0 Å². The Balaban J connectivity index is 2.53. The molecule has 1 aliphatic heterocycles. The number of hydrogen-bond acceptors (Lipinski definition) is 11. The zero-order chi connectivity index (χ0) is 31.2. The zero-order valence-corrected chi connectivity index (χ0v) is 24.6. The van der Waals surface area contributed by atoms with Crippen LogP contribution < -0.4 is 0 Å². The molecule has 0 spiro atoms. The first kappa shape index (κ1) is 34.7. The normalized spacial score (nSPS) is 17.6. The van der Waals surface area contributed by atoms with E-state index < -0.39 is 30.3 Å². The summed E-state index contributed by atoms with van der Waals surface area (Å²) in [5.41, 5.74) is 1.19. The average molecular weight is 591 g/mol. The van der Waals surface area contributed by atoms with E-state index in [-0.39, 0.29) is 95.1 Å². The molecule has 2 rings (SSSR count). The highest BCUT2D eigenvalue weighted by Gasteiger charge is 2.32. The van der Waals surface area contributed by atoms with Crippen molar-refractivity contribution in [1.82, 2.24) is 19.7 Å². The molecule has 1 aromatic heterocycles. The highest BCUT2D eigenvalue weighted by Crippen LogP contribution is 2.19. The number of aliphatic carboxylic acids is 2. The van der Waals surface area contributed by atoms with Crippen molar-refractivity contribution >= 4 is 35.8 Å². The summed E-state index contributed by atoms with van der Waals surface area (Å²) in [6, 6.07) is 3.31. The number of pyridine rings is 1. The van der Waals surface area contributed by atoms with Gasteiger partial charge in [-0.05, 0) is 45.7 Å². The molecular weight excluding hydrogens is 548 g/mol. The Morgan fingerprint density at radius 2 is 1.19 bits per heavy atom. The van der Waals surface area contributed by atoms with E-state index in [1.807, 2.05) is 4.90 Å². The van der Waals surface area contributed by atoms with Crippen LogP contribution in [0.2, 0.25) is 0 Å². The number of nitrogens with zero attached hydrogens (tertiary/aromatic N) is 4. The maximum absolute atomic E-state index is 12.4. The average Bonchev–Trinajstić information content (AvgIpc) is 2.90. The molecule has 0 saturated heterocycles. The largest absolute Gasteiger partial charge is 0.480 e. The fourth-order valence-electron chi connectivity index (χ4n) is 5.06. The minimum Gasteiger partial charge on any atom is -0.480 e. The summed E-state index contributed by atoms with van der Waals surface area (Å²) in [5, 5.41) is 20.2. The molecule has 232 valence electrons. The fraction of sp³-hybridized carbons (Fsp3) is 0.621. The van der Waals surface area contributed by atoms with E-state index in [0.717, 1.165) is 0 Å². The third-order valence-electron chi connectivity index (χ3n) is 7.30. The van der Waals surface area contributed by atoms with Crippen LogP contribution in [-0.2, 0) is 46.6 Å². The Labute approximate surface area is 245 Å². The molecule has 0 saturated carbocycles. The molecule has 2 bridgehead atoms. The van der Waals surface area contributed by atoms with Crippen molar-refractivity contribution in [2.75, 3.05) is 26.2 Å². The van der Waals surface area contributed by atoms with Gasteiger partial charge < -0.3 is 29.3 Å². The summed E-state index contributed by atoms with van der Waals surface area (Å²) >= 11 is 0. The Morgan fingerprint density at radius 1 is 0.762 bits per heavy atom. The van der Waals surface area contributed by atoms with E-state index in [0.29, 0.717) is 17.9 Å². The van der Waals surface area contributed by atoms with Gasteiger partial charge in [0.2, 0.25) is 0 Å². The third kappa shape index (κ3) is 11.7. The Morgan fingerprint density at radius 3 is 1.67 bits per heavy atom. The van der Waals surface area contributed by atoms with E-state index in [4.69, 9.17) is 9.72 Å². The first-order valence-electron chi connectivity index (χ1n) is 14.1. The molecule has 0 aromatic carbocycles. The number of carboxylic acids is 2. The van der Waals surface area contributed by atoms with Gasteiger partial charge in [0.1, 0.15) is 29.4 Å². The molecule has 0 fully saturated rings. The van der Waals surface area contributed by atoms with E-state index in [1.54, 1.807) is 28.0 Å². The van der Waals surface area contributed by atoms with Gasteiger partial charge in [-0.2, -0.15) is 0 Å². The van der Waals surface area contributed by atoms with Gasteiger partial charge in [0.15, 0.2) is 6.23 Å². The highest BCUT2D eigenvalue weighted by atomic mass is 16.5. The number of hydrogen-bond donors (Lipinski definition) is 2. The lowest BCUT2D eigenvalue weighted by Gasteiger charge is -2.37. The van der Waals surface area contributed by atoms with Crippen molar-refractivity contribution < 1.29 is 43.7 Å². The lowest BCUT2D eigenvalue weighted by Crippen LogP contribution is -2.51. The van der Waals surface area contributed by atoms with E-state index >= 15 is 0 Å². The molecule has 1 aromatic rings. The molecular formula is C29H42N4O9. The first-order valence-corrected chi connectivity index (χ1v) is 14.1. The quantitative estimate of drug-likeness (QED) is 0.265. The Hall–Kier alpha value is -3.55. The van der Waals surface area contributed by atoms with Crippen LogP contribution in [0.15, 0.2) is 18.2 Å². The van der Waals surface area contributed by atoms with Crippen LogP contribution in [0.4, 0.5) is 0 Å². The standard InChI is InChI=1S/C29H42N4O9/c1-20(35)7-10-25(28(38)39)31-13-15-32(26(29(40)41)11-8-21(2)36)17-23-5-4-6-24(30-23)18-33(16-14-31)27(42-19-34)12-9-22(3)37/h4-6,19,25-27H,7-18H2,1-3H3,(H,38,39)(H,40,41)/t25-,26-,27+/m1/s1. The second kappa shape index (κ2) is 17.4.